The third-order valence-corrected chi connectivity index (χ3v) is 4.85. The molecule has 0 saturated heterocycles. The lowest BCUT2D eigenvalue weighted by Gasteiger charge is -2.16. The molecule has 0 spiro atoms. The van der Waals surface area contributed by atoms with Gasteiger partial charge in [0.15, 0.2) is 0 Å². The molecule has 0 aromatic heterocycles. The molecule has 0 aliphatic heterocycles. The number of hydrogen-bond donors (Lipinski definition) is 1. The fourth-order valence-corrected chi connectivity index (χ4v) is 3.37. The number of carboxylic acids is 1. The van der Waals surface area contributed by atoms with Crippen LogP contribution in [0.25, 0.3) is 6.08 Å². The van der Waals surface area contributed by atoms with Gasteiger partial charge in [0.1, 0.15) is 23.4 Å². The van der Waals surface area contributed by atoms with E-state index in [0.717, 1.165) is 46.8 Å². The van der Waals surface area contributed by atoms with E-state index in [4.69, 9.17) is 14.6 Å². The Morgan fingerprint density at radius 2 is 1.93 bits per heavy atom. The van der Waals surface area contributed by atoms with Crippen LogP contribution >= 0.6 is 0 Å². The summed E-state index contributed by atoms with van der Waals surface area (Å²) in [4.78, 5) is 10.7. The average molecular weight is 374 g/mol. The van der Waals surface area contributed by atoms with E-state index in [2.05, 4.69) is 18.2 Å². The molecule has 0 bridgehead atoms. The van der Waals surface area contributed by atoms with Crippen LogP contribution < -0.4 is 9.47 Å². The van der Waals surface area contributed by atoms with Crippen molar-refractivity contribution < 1.29 is 19.4 Å². The van der Waals surface area contributed by atoms with Crippen molar-refractivity contribution in [2.45, 2.75) is 31.8 Å². The Balaban J connectivity index is 1.40. The molecule has 0 fully saturated rings. The predicted octanol–water partition coefficient (Wildman–Crippen LogP) is 5.46. The summed E-state index contributed by atoms with van der Waals surface area (Å²) in [6.07, 6.45) is 12.7. The third kappa shape index (κ3) is 4.34. The summed E-state index contributed by atoms with van der Waals surface area (Å²) in [6.45, 7) is 0. The molecule has 1 unspecified atom stereocenters. The van der Waals surface area contributed by atoms with E-state index in [9.17, 15) is 4.79 Å². The number of ether oxygens (including phenoxy) is 2. The molecule has 0 saturated carbocycles. The molecule has 1 N–H and O–H groups in total. The van der Waals surface area contributed by atoms with Gasteiger partial charge in [-0.3, -0.25) is 4.79 Å². The Morgan fingerprint density at radius 1 is 1.11 bits per heavy atom. The highest BCUT2D eigenvalue weighted by Crippen LogP contribution is 2.35. The minimum absolute atomic E-state index is 0.134. The third-order valence-electron chi connectivity index (χ3n) is 4.85. The Morgan fingerprint density at radius 3 is 2.68 bits per heavy atom. The first kappa shape index (κ1) is 18.1. The molecule has 4 nitrogen and oxygen atoms in total. The fraction of sp³-hybridized carbons (Fsp3) is 0.208. The monoisotopic (exact) mass is 374 g/mol. The molecule has 2 aliphatic carbocycles. The normalized spacial score (nSPS) is 17.1. The highest BCUT2D eigenvalue weighted by Gasteiger charge is 2.20. The maximum absolute atomic E-state index is 10.7. The number of carbonyl (C=O) groups is 1. The van der Waals surface area contributed by atoms with E-state index in [1.165, 1.54) is 0 Å². The van der Waals surface area contributed by atoms with Gasteiger partial charge in [0.05, 0.1) is 0 Å². The van der Waals surface area contributed by atoms with Crippen molar-refractivity contribution in [3.63, 3.8) is 0 Å². The number of carboxylic acid groups (broad SMARTS) is 1. The van der Waals surface area contributed by atoms with Crippen LogP contribution in [0.1, 0.15) is 42.1 Å². The quantitative estimate of drug-likeness (QED) is 0.699. The van der Waals surface area contributed by atoms with E-state index < -0.39 is 5.97 Å². The van der Waals surface area contributed by atoms with Gasteiger partial charge < -0.3 is 14.6 Å². The topological polar surface area (TPSA) is 55.8 Å². The van der Waals surface area contributed by atoms with Crippen molar-refractivity contribution in [1.82, 2.24) is 0 Å². The van der Waals surface area contributed by atoms with Crippen molar-refractivity contribution in [2.24, 2.45) is 0 Å². The highest BCUT2D eigenvalue weighted by molar-refractivity contribution is 5.67. The number of benzene rings is 2. The zero-order valence-corrected chi connectivity index (χ0v) is 15.5. The van der Waals surface area contributed by atoms with Crippen molar-refractivity contribution >= 4 is 12.0 Å². The van der Waals surface area contributed by atoms with Crippen LogP contribution in [0.4, 0.5) is 0 Å². The Bertz CT molecular complexity index is 951. The highest BCUT2D eigenvalue weighted by atomic mass is 16.5. The molecule has 4 heteroatoms. The average Bonchev–Trinajstić information content (AvgIpc) is 3.10. The van der Waals surface area contributed by atoms with E-state index >= 15 is 0 Å². The molecule has 4 rings (SSSR count). The molecule has 1 atom stereocenters. The van der Waals surface area contributed by atoms with Gasteiger partial charge >= 0.3 is 5.97 Å². The number of hydrogen-bond acceptors (Lipinski definition) is 3. The summed E-state index contributed by atoms with van der Waals surface area (Å²) in [6, 6.07) is 13.7. The first-order valence-corrected chi connectivity index (χ1v) is 9.50. The molecule has 2 aliphatic rings. The fourth-order valence-electron chi connectivity index (χ4n) is 3.37. The SMILES string of the molecule is O=C(O)CCc1ccc(OC2C=Cc3cc(OC4=CC=CCC4)ccc32)cc1. The van der Waals surface area contributed by atoms with E-state index in [1.807, 2.05) is 54.6 Å². The number of rotatable bonds is 7. The largest absolute Gasteiger partial charge is 0.482 e. The molecule has 2 aromatic rings. The van der Waals surface area contributed by atoms with Gasteiger partial charge in [0.25, 0.3) is 0 Å². The summed E-state index contributed by atoms with van der Waals surface area (Å²) in [5.74, 6) is 1.81. The van der Waals surface area contributed by atoms with Gasteiger partial charge in [0.2, 0.25) is 0 Å². The van der Waals surface area contributed by atoms with Gasteiger partial charge in [-0.1, -0.05) is 36.4 Å². The second-order valence-electron chi connectivity index (χ2n) is 6.93. The lowest BCUT2D eigenvalue weighted by molar-refractivity contribution is -0.136. The molecule has 2 aromatic carbocycles. The summed E-state index contributed by atoms with van der Waals surface area (Å²) in [5.41, 5.74) is 3.21. The zero-order valence-electron chi connectivity index (χ0n) is 15.5. The lowest BCUT2D eigenvalue weighted by Crippen LogP contribution is -2.04. The molecule has 28 heavy (non-hydrogen) atoms. The summed E-state index contributed by atoms with van der Waals surface area (Å²) < 4.78 is 12.1. The van der Waals surface area contributed by atoms with Gasteiger partial charge in [0, 0.05) is 18.4 Å². The van der Waals surface area contributed by atoms with Crippen molar-refractivity contribution in [3.8, 4) is 11.5 Å². The predicted molar refractivity (Wildman–Crippen MR) is 108 cm³/mol. The Hall–Kier alpha value is -3.27. The van der Waals surface area contributed by atoms with Gasteiger partial charge in [-0.25, -0.2) is 0 Å². The van der Waals surface area contributed by atoms with Gasteiger partial charge in [-0.15, -0.1) is 0 Å². The van der Waals surface area contributed by atoms with E-state index in [0.29, 0.717) is 6.42 Å². The van der Waals surface area contributed by atoms with Crippen LogP contribution in [0.5, 0.6) is 11.5 Å². The first-order valence-electron chi connectivity index (χ1n) is 9.50. The van der Waals surface area contributed by atoms with Gasteiger partial charge in [-0.05, 0) is 60.4 Å². The number of aliphatic carboxylic acids is 1. The van der Waals surface area contributed by atoms with E-state index in [-0.39, 0.29) is 12.5 Å². The van der Waals surface area contributed by atoms with Crippen molar-refractivity contribution in [3.05, 3.63) is 89.2 Å². The number of fused-ring (bicyclic) bond motifs is 1. The second-order valence-corrected chi connectivity index (χ2v) is 6.93. The number of allylic oxidation sites excluding steroid dienone is 4. The van der Waals surface area contributed by atoms with Crippen LogP contribution in [-0.4, -0.2) is 11.1 Å². The summed E-state index contributed by atoms with van der Waals surface area (Å²) in [7, 11) is 0. The second kappa shape index (κ2) is 8.17. The Kier molecular flexibility index (Phi) is 5.29. The van der Waals surface area contributed by atoms with Crippen LogP contribution in [0.2, 0.25) is 0 Å². The molecule has 0 amide bonds. The van der Waals surface area contributed by atoms with Crippen LogP contribution in [0.15, 0.2) is 72.5 Å². The zero-order chi connectivity index (χ0) is 19.3. The van der Waals surface area contributed by atoms with E-state index in [1.54, 1.807) is 0 Å². The minimum Gasteiger partial charge on any atom is -0.482 e. The smallest absolute Gasteiger partial charge is 0.303 e. The summed E-state index contributed by atoms with van der Waals surface area (Å²) >= 11 is 0. The van der Waals surface area contributed by atoms with Crippen molar-refractivity contribution in [2.75, 3.05) is 0 Å². The van der Waals surface area contributed by atoms with Crippen LogP contribution in [0, 0.1) is 0 Å². The molecule has 0 radical (unpaired) electrons. The molecular formula is C24H22O4. The van der Waals surface area contributed by atoms with Crippen LogP contribution in [0.3, 0.4) is 0 Å². The summed E-state index contributed by atoms with van der Waals surface area (Å²) in [5, 5.41) is 8.78. The van der Waals surface area contributed by atoms with Crippen LogP contribution in [-0.2, 0) is 11.2 Å². The maximum atomic E-state index is 10.7. The molecule has 142 valence electrons. The molecule has 0 heterocycles. The standard InChI is InChI=1S/C24H22O4/c25-24(26)15-8-17-6-10-20(11-7-17)28-23-14-9-18-16-21(12-13-22(18)23)27-19-4-2-1-3-5-19/h1-2,4,6-7,9-14,16,23H,3,5,8,15H2,(H,25,26). The lowest BCUT2D eigenvalue weighted by atomic mass is 10.1. The number of aryl methyl sites for hydroxylation is 1. The minimum atomic E-state index is -0.785. The van der Waals surface area contributed by atoms with Gasteiger partial charge in [-0.2, -0.15) is 0 Å². The van der Waals surface area contributed by atoms with Crippen molar-refractivity contribution in [1.29, 1.82) is 0 Å². The first-order chi connectivity index (χ1) is 13.7. The maximum Gasteiger partial charge on any atom is 0.303 e. The molecular weight excluding hydrogens is 352 g/mol. The Labute approximate surface area is 164 Å².